The molecule has 0 aliphatic rings. The molecule has 0 radical (unpaired) electrons. The molecule has 0 amide bonds. The SMILES string of the molecule is C=CC(=O)OC(=O)/C=C/c1ccc2c(-c3ccnc(Nc4cc(N)c(N(C)CCN(C)C)cc4OC)n3)cn(CC(F)(F)F)c2c1. The molecule has 2 aromatic heterocycles. The molecular formula is C32H34F3N7O4. The molecule has 11 nitrogen and oxygen atoms in total. The lowest BCUT2D eigenvalue weighted by Crippen LogP contribution is -2.29. The largest absolute Gasteiger partial charge is 0.494 e. The van der Waals surface area contributed by atoms with Gasteiger partial charge in [-0.1, -0.05) is 18.7 Å². The predicted octanol–water partition coefficient (Wildman–Crippen LogP) is 5.26. The zero-order chi connectivity index (χ0) is 33.6. The highest BCUT2D eigenvalue weighted by atomic mass is 19.4. The minimum atomic E-state index is -4.51. The molecule has 0 atom stereocenters. The number of rotatable bonds is 12. The fourth-order valence-electron chi connectivity index (χ4n) is 4.62. The van der Waals surface area contributed by atoms with E-state index >= 15 is 0 Å². The molecule has 0 fully saturated rings. The lowest BCUT2D eigenvalue weighted by molar-refractivity contribution is -0.152. The van der Waals surface area contributed by atoms with Crippen LogP contribution in [0.4, 0.5) is 36.2 Å². The molecule has 0 bridgehead atoms. The molecule has 0 aliphatic carbocycles. The van der Waals surface area contributed by atoms with Crippen LogP contribution in [0.15, 0.2) is 67.5 Å². The van der Waals surface area contributed by atoms with Gasteiger partial charge in [-0.2, -0.15) is 13.2 Å². The summed E-state index contributed by atoms with van der Waals surface area (Å²) < 4.78 is 51.8. The molecule has 46 heavy (non-hydrogen) atoms. The van der Waals surface area contributed by atoms with Gasteiger partial charge in [-0.15, -0.1) is 0 Å². The number of aromatic nitrogens is 3. The van der Waals surface area contributed by atoms with E-state index in [4.69, 9.17) is 10.5 Å². The number of nitrogens with two attached hydrogens (primary N) is 1. The quantitative estimate of drug-likeness (QED) is 0.0919. The fourth-order valence-corrected chi connectivity index (χ4v) is 4.62. The van der Waals surface area contributed by atoms with Gasteiger partial charge in [-0.3, -0.25) is 0 Å². The zero-order valence-electron chi connectivity index (χ0n) is 25.8. The molecule has 3 N–H and O–H groups in total. The van der Waals surface area contributed by atoms with Crippen LogP contribution in [0.25, 0.3) is 28.2 Å². The number of benzene rings is 2. The van der Waals surface area contributed by atoms with Gasteiger partial charge in [-0.05, 0) is 43.9 Å². The van der Waals surface area contributed by atoms with Crippen LogP contribution in [0, 0.1) is 0 Å². The molecule has 2 heterocycles. The Morgan fingerprint density at radius 1 is 1.11 bits per heavy atom. The number of nitrogens with one attached hydrogen (secondary N) is 1. The number of anilines is 4. The number of fused-ring (bicyclic) bond motifs is 1. The molecule has 0 saturated heterocycles. The third-order valence-electron chi connectivity index (χ3n) is 6.86. The van der Waals surface area contributed by atoms with E-state index in [0.717, 1.165) is 35.5 Å². The number of ether oxygens (including phenoxy) is 2. The van der Waals surface area contributed by atoms with Gasteiger partial charge in [0.25, 0.3) is 0 Å². The number of esters is 2. The van der Waals surface area contributed by atoms with Crippen LogP contribution in [-0.4, -0.2) is 78.9 Å². The molecule has 4 rings (SSSR count). The van der Waals surface area contributed by atoms with Crippen LogP contribution in [0.2, 0.25) is 0 Å². The molecular weight excluding hydrogens is 603 g/mol. The van der Waals surface area contributed by atoms with E-state index in [2.05, 4.69) is 31.5 Å². The highest BCUT2D eigenvalue weighted by molar-refractivity contribution is 5.99. The van der Waals surface area contributed by atoms with Crippen molar-refractivity contribution < 1.29 is 32.2 Å². The average Bonchev–Trinajstić information content (AvgIpc) is 3.35. The van der Waals surface area contributed by atoms with Crippen molar-refractivity contribution in [1.82, 2.24) is 19.4 Å². The van der Waals surface area contributed by atoms with Crippen LogP contribution in [-0.2, 0) is 20.9 Å². The van der Waals surface area contributed by atoms with Gasteiger partial charge in [0.05, 0.1) is 29.9 Å². The monoisotopic (exact) mass is 637 g/mol. The van der Waals surface area contributed by atoms with Crippen molar-refractivity contribution in [3.63, 3.8) is 0 Å². The number of halogens is 3. The number of hydrogen-bond acceptors (Lipinski definition) is 10. The maximum atomic E-state index is 13.6. The second-order valence-electron chi connectivity index (χ2n) is 10.6. The van der Waals surface area contributed by atoms with E-state index < -0.39 is 24.7 Å². The molecule has 242 valence electrons. The third kappa shape index (κ3) is 8.41. The number of nitrogen functional groups attached to an aromatic ring is 1. The van der Waals surface area contributed by atoms with Crippen molar-refractivity contribution >= 4 is 51.9 Å². The van der Waals surface area contributed by atoms with Gasteiger partial charge >= 0.3 is 18.1 Å². The Morgan fingerprint density at radius 2 is 1.87 bits per heavy atom. The Balaban J connectivity index is 1.67. The molecule has 4 aromatic rings. The number of carbonyl (C=O) groups excluding carboxylic acids is 2. The van der Waals surface area contributed by atoms with Crippen LogP contribution in [0.5, 0.6) is 5.75 Å². The Labute approximate surface area is 263 Å². The van der Waals surface area contributed by atoms with Gasteiger partial charge in [0, 0.05) is 67.2 Å². The molecule has 0 spiro atoms. The number of nitrogens with zero attached hydrogens (tertiary/aromatic N) is 5. The first-order valence-corrected chi connectivity index (χ1v) is 14.0. The Morgan fingerprint density at radius 3 is 2.54 bits per heavy atom. The third-order valence-corrected chi connectivity index (χ3v) is 6.86. The number of alkyl halides is 3. The number of hydrogen-bond donors (Lipinski definition) is 2. The van der Waals surface area contributed by atoms with Crippen LogP contribution >= 0.6 is 0 Å². The maximum absolute atomic E-state index is 13.6. The summed E-state index contributed by atoms with van der Waals surface area (Å²) in [5.41, 5.74) is 9.64. The summed E-state index contributed by atoms with van der Waals surface area (Å²) in [6.07, 6.45) is 1.52. The van der Waals surface area contributed by atoms with Crippen molar-refractivity contribution in [2.24, 2.45) is 0 Å². The van der Waals surface area contributed by atoms with Gasteiger partial charge in [0.1, 0.15) is 12.3 Å². The maximum Gasteiger partial charge on any atom is 0.406 e. The summed E-state index contributed by atoms with van der Waals surface area (Å²) in [4.78, 5) is 36.0. The number of methoxy groups -OCH3 is 1. The summed E-state index contributed by atoms with van der Waals surface area (Å²) >= 11 is 0. The van der Waals surface area contributed by atoms with Crippen LogP contribution in [0.3, 0.4) is 0 Å². The fraction of sp³-hybridized carbons (Fsp3) is 0.250. The van der Waals surface area contributed by atoms with Gasteiger partial charge < -0.3 is 34.9 Å². The number of carbonyl (C=O) groups is 2. The summed E-state index contributed by atoms with van der Waals surface area (Å²) in [5.74, 6) is -1.20. The Kier molecular flexibility index (Phi) is 10.3. The van der Waals surface area contributed by atoms with Crippen molar-refractivity contribution in [3.05, 3.63) is 73.1 Å². The van der Waals surface area contributed by atoms with E-state index in [0.29, 0.717) is 39.3 Å². The van der Waals surface area contributed by atoms with Crippen molar-refractivity contribution in [3.8, 4) is 17.0 Å². The van der Waals surface area contributed by atoms with E-state index in [9.17, 15) is 22.8 Å². The van der Waals surface area contributed by atoms with Gasteiger partial charge in [0.2, 0.25) is 5.95 Å². The zero-order valence-corrected chi connectivity index (χ0v) is 25.8. The lowest BCUT2D eigenvalue weighted by Gasteiger charge is -2.24. The first-order chi connectivity index (χ1) is 21.8. The summed E-state index contributed by atoms with van der Waals surface area (Å²) in [5, 5.41) is 3.60. The molecule has 2 aromatic carbocycles. The lowest BCUT2D eigenvalue weighted by atomic mass is 10.1. The molecule has 0 aliphatic heterocycles. The first kappa shape index (κ1) is 33.5. The number of likely N-dealkylation sites (N-methyl/N-ethyl adjacent to an activating group) is 2. The van der Waals surface area contributed by atoms with E-state index in [-0.39, 0.29) is 11.5 Å². The Bertz CT molecular complexity index is 1780. The first-order valence-electron chi connectivity index (χ1n) is 14.0. The normalized spacial score (nSPS) is 11.7. The van der Waals surface area contributed by atoms with E-state index in [1.54, 1.807) is 24.3 Å². The Hall–Kier alpha value is -5.37. The van der Waals surface area contributed by atoms with E-state index in [1.807, 2.05) is 32.1 Å². The van der Waals surface area contributed by atoms with Crippen molar-refractivity contribution in [2.75, 3.05) is 57.3 Å². The van der Waals surface area contributed by atoms with Gasteiger partial charge in [0.15, 0.2) is 0 Å². The smallest absolute Gasteiger partial charge is 0.406 e. The standard InChI is InChI=1S/C32H34F3N7O4/c1-6-29(43)46-30(44)10-8-20-7-9-21-22(18-42(26(21)15-20)19-32(33,34)35)24-11-12-37-31(38-24)39-25-16-23(36)27(17-28(25)45-5)41(4)14-13-40(2)3/h6-12,15-18H,1,13-14,19,36H2,2-5H3,(H,37,38,39)/b10-8+. The predicted molar refractivity (Wildman–Crippen MR) is 172 cm³/mol. The second kappa shape index (κ2) is 14.2. The second-order valence-corrected chi connectivity index (χ2v) is 10.6. The highest BCUT2D eigenvalue weighted by Gasteiger charge is 2.29. The molecule has 14 heteroatoms. The topological polar surface area (TPSA) is 128 Å². The van der Waals surface area contributed by atoms with Crippen LogP contribution < -0.4 is 20.7 Å². The minimum absolute atomic E-state index is 0.174. The van der Waals surface area contributed by atoms with Crippen molar-refractivity contribution in [2.45, 2.75) is 12.7 Å². The molecule has 0 saturated carbocycles. The summed E-state index contributed by atoms with van der Waals surface area (Å²) in [6, 6.07) is 9.85. The minimum Gasteiger partial charge on any atom is -0.494 e. The summed E-state index contributed by atoms with van der Waals surface area (Å²) in [7, 11) is 7.43. The van der Waals surface area contributed by atoms with E-state index in [1.165, 1.54) is 31.6 Å². The van der Waals surface area contributed by atoms with Crippen LogP contribution in [0.1, 0.15) is 5.56 Å². The van der Waals surface area contributed by atoms with Crippen molar-refractivity contribution in [1.29, 1.82) is 0 Å². The average molecular weight is 638 g/mol. The summed E-state index contributed by atoms with van der Waals surface area (Å²) in [6.45, 7) is 3.52. The highest BCUT2D eigenvalue weighted by Crippen LogP contribution is 2.37. The molecule has 0 unspecified atom stereocenters. The van der Waals surface area contributed by atoms with Gasteiger partial charge in [-0.25, -0.2) is 19.6 Å².